The average molecular weight is 960 g/mol. The molecule has 0 amide bonds. The van der Waals surface area contributed by atoms with Crippen molar-refractivity contribution < 1.29 is 28.6 Å². The maximum Gasteiger partial charge on any atom is 0.306 e. The first-order chi connectivity index (χ1) is 34.0. The highest BCUT2D eigenvalue weighted by molar-refractivity contribution is 5.71. The second kappa shape index (κ2) is 56.9. The van der Waals surface area contributed by atoms with Crippen LogP contribution in [0.25, 0.3) is 0 Å². The molecule has 0 heterocycles. The summed E-state index contributed by atoms with van der Waals surface area (Å²) in [5, 5.41) is 0. The van der Waals surface area contributed by atoms with Crippen LogP contribution in [0.5, 0.6) is 0 Å². The SMILES string of the molecule is CCCCC/C=C\C/C=C\C/C=C\C/C=C\CCCC(=O)O[C@@H](COC(=O)CCCCCCC/C=C\C/C=C\CCCCC)COC(=O)CCCCCCCCCCC/C=C\C/C=C\CCCCC. The summed E-state index contributed by atoms with van der Waals surface area (Å²) in [6.07, 6.45) is 75.4. The normalized spacial score (nSPS) is 12.8. The first kappa shape index (κ1) is 65.3. The van der Waals surface area contributed by atoms with E-state index < -0.39 is 6.10 Å². The summed E-state index contributed by atoms with van der Waals surface area (Å²) in [4.78, 5) is 38.1. The number of carbonyl (C=O) groups is 3. The molecule has 1 atom stereocenters. The zero-order valence-electron chi connectivity index (χ0n) is 45.0. The molecule has 0 aliphatic rings. The number of carbonyl (C=O) groups excluding carboxylic acids is 3. The van der Waals surface area contributed by atoms with Gasteiger partial charge in [-0.2, -0.15) is 0 Å². The van der Waals surface area contributed by atoms with E-state index in [1.807, 2.05) is 0 Å². The lowest BCUT2D eigenvalue weighted by atomic mass is 10.1. The van der Waals surface area contributed by atoms with Crippen LogP contribution < -0.4 is 0 Å². The van der Waals surface area contributed by atoms with E-state index in [1.165, 1.54) is 122 Å². The van der Waals surface area contributed by atoms with Gasteiger partial charge in [-0.3, -0.25) is 14.4 Å². The number of esters is 3. The summed E-state index contributed by atoms with van der Waals surface area (Å²) in [6, 6.07) is 0. The van der Waals surface area contributed by atoms with Gasteiger partial charge in [-0.1, -0.05) is 221 Å². The molecule has 0 unspecified atom stereocenters. The molecule has 0 aliphatic heterocycles. The summed E-state index contributed by atoms with van der Waals surface area (Å²) in [7, 11) is 0. The third-order valence-electron chi connectivity index (χ3n) is 12.0. The molecule has 0 rings (SSSR count). The molecule has 0 saturated heterocycles. The van der Waals surface area contributed by atoms with Crippen LogP contribution in [0.15, 0.2) is 97.2 Å². The Morgan fingerprint density at radius 1 is 0.290 bits per heavy atom. The summed E-state index contributed by atoms with van der Waals surface area (Å²) in [5.41, 5.74) is 0. The fourth-order valence-corrected chi connectivity index (χ4v) is 7.67. The van der Waals surface area contributed by atoms with E-state index in [-0.39, 0.29) is 37.5 Å². The molecule has 0 aromatic heterocycles. The fourth-order valence-electron chi connectivity index (χ4n) is 7.67. The Hall–Kier alpha value is -3.67. The number of hydrogen-bond acceptors (Lipinski definition) is 6. The predicted octanol–water partition coefficient (Wildman–Crippen LogP) is 19.3. The van der Waals surface area contributed by atoms with Crippen LogP contribution in [-0.2, 0) is 28.6 Å². The van der Waals surface area contributed by atoms with E-state index in [4.69, 9.17) is 14.2 Å². The van der Waals surface area contributed by atoms with Gasteiger partial charge in [0.1, 0.15) is 13.2 Å². The van der Waals surface area contributed by atoms with Crippen molar-refractivity contribution in [2.45, 2.75) is 271 Å². The maximum atomic E-state index is 12.8. The Morgan fingerprint density at radius 3 is 0.855 bits per heavy atom. The number of allylic oxidation sites excluding steroid dienone is 16. The lowest BCUT2D eigenvalue weighted by Gasteiger charge is -2.18. The smallest absolute Gasteiger partial charge is 0.306 e. The third kappa shape index (κ3) is 55.1. The Labute approximate surface area is 426 Å². The standard InChI is InChI=1S/C63H106O6/c1-4-7-10-13-16-19-22-25-28-30-31-33-35-38-41-44-47-50-53-56-62(65)68-59-60(58-67-61(64)55-52-49-46-43-40-37-34-27-24-21-18-15-12-9-6-3)69-63(66)57-54-51-48-45-42-39-36-32-29-26-23-20-17-14-11-8-5-2/h16-21,25-29,34,36,39,45,48,60H,4-15,22-24,30-33,35,37-38,40-44,46-47,49-59H2,1-3H3/b19-16-,20-17-,21-18-,28-25-,29-26-,34-27-,39-36-,48-45-/t60-/m0/s1. The summed E-state index contributed by atoms with van der Waals surface area (Å²) < 4.78 is 16.8. The van der Waals surface area contributed by atoms with E-state index in [2.05, 4.69) is 118 Å². The predicted molar refractivity (Wildman–Crippen MR) is 297 cm³/mol. The highest BCUT2D eigenvalue weighted by atomic mass is 16.6. The van der Waals surface area contributed by atoms with Crippen LogP contribution >= 0.6 is 0 Å². The molecule has 394 valence electrons. The minimum atomic E-state index is -0.815. The maximum absolute atomic E-state index is 12.8. The molecule has 0 saturated carbocycles. The van der Waals surface area contributed by atoms with Crippen molar-refractivity contribution in [3.63, 3.8) is 0 Å². The second-order valence-corrected chi connectivity index (χ2v) is 18.8. The number of rotatable bonds is 51. The average Bonchev–Trinajstić information content (AvgIpc) is 3.35. The van der Waals surface area contributed by atoms with Crippen LogP contribution in [0.1, 0.15) is 265 Å². The monoisotopic (exact) mass is 959 g/mol. The van der Waals surface area contributed by atoms with Gasteiger partial charge < -0.3 is 14.2 Å². The van der Waals surface area contributed by atoms with Crippen LogP contribution in [0.2, 0.25) is 0 Å². The minimum Gasteiger partial charge on any atom is -0.462 e. The van der Waals surface area contributed by atoms with Crippen LogP contribution in [0.3, 0.4) is 0 Å². The molecule has 0 radical (unpaired) electrons. The molecule has 0 aromatic carbocycles. The van der Waals surface area contributed by atoms with Crippen molar-refractivity contribution in [1.82, 2.24) is 0 Å². The molecule has 0 fully saturated rings. The number of ether oxygens (including phenoxy) is 3. The zero-order valence-corrected chi connectivity index (χ0v) is 45.0. The van der Waals surface area contributed by atoms with E-state index >= 15 is 0 Å². The van der Waals surface area contributed by atoms with Gasteiger partial charge in [0.05, 0.1) is 0 Å². The number of unbranched alkanes of at least 4 members (excludes halogenated alkanes) is 24. The summed E-state index contributed by atoms with van der Waals surface area (Å²) in [5.74, 6) is -0.979. The highest BCUT2D eigenvalue weighted by Gasteiger charge is 2.19. The van der Waals surface area contributed by atoms with E-state index in [9.17, 15) is 14.4 Å². The van der Waals surface area contributed by atoms with Crippen LogP contribution in [0.4, 0.5) is 0 Å². The molecule has 0 N–H and O–H groups in total. The molecule has 6 heteroatoms. The third-order valence-corrected chi connectivity index (χ3v) is 12.0. The molecule has 0 spiro atoms. The lowest BCUT2D eigenvalue weighted by molar-refractivity contribution is -0.167. The van der Waals surface area contributed by atoms with Gasteiger partial charge >= 0.3 is 17.9 Å². The number of hydrogen-bond donors (Lipinski definition) is 0. The van der Waals surface area contributed by atoms with Crippen molar-refractivity contribution in [2.24, 2.45) is 0 Å². The lowest BCUT2D eigenvalue weighted by Crippen LogP contribution is -2.30. The summed E-state index contributed by atoms with van der Waals surface area (Å²) >= 11 is 0. The summed E-state index contributed by atoms with van der Waals surface area (Å²) in [6.45, 7) is 6.51. The van der Waals surface area contributed by atoms with Crippen LogP contribution in [0, 0.1) is 0 Å². The zero-order chi connectivity index (χ0) is 50.0. The van der Waals surface area contributed by atoms with Crippen LogP contribution in [-0.4, -0.2) is 37.2 Å². The first-order valence-electron chi connectivity index (χ1n) is 28.7. The van der Waals surface area contributed by atoms with E-state index in [1.54, 1.807) is 0 Å². The molecule has 0 aliphatic carbocycles. The van der Waals surface area contributed by atoms with Gasteiger partial charge in [0.25, 0.3) is 0 Å². The van der Waals surface area contributed by atoms with E-state index in [0.29, 0.717) is 19.3 Å². The van der Waals surface area contributed by atoms with Crippen molar-refractivity contribution in [3.05, 3.63) is 97.2 Å². The van der Waals surface area contributed by atoms with Gasteiger partial charge in [-0.05, 0) is 122 Å². The molecular weight excluding hydrogens is 853 g/mol. The highest BCUT2D eigenvalue weighted by Crippen LogP contribution is 2.14. The van der Waals surface area contributed by atoms with Gasteiger partial charge in [0.2, 0.25) is 0 Å². The largest absolute Gasteiger partial charge is 0.462 e. The first-order valence-corrected chi connectivity index (χ1v) is 28.7. The topological polar surface area (TPSA) is 78.9 Å². The second-order valence-electron chi connectivity index (χ2n) is 18.8. The van der Waals surface area contributed by atoms with Crippen molar-refractivity contribution in [1.29, 1.82) is 0 Å². The van der Waals surface area contributed by atoms with Gasteiger partial charge in [-0.25, -0.2) is 0 Å². The fraction of sp³-hybridized carbons (Fsp3) is 0.698. The van der Waals surface area contributed by atoms with Gasteiger partial charge in [0, 0.05) is 19.3 Å². The molecule has 0 aromatic rings. The molecule has 6 nitrogen and oxygen atoms in total. The Balaban J connectivity index is 4.49. The molecular formula is C63H106O6. The van der Waals surface area contributed by atoms with E-state index in [0.717, 1.165) is 96.3 Å². The quantitative estimate of drug-likeness (QED) is 0.0262. The Morgan fingerprint density at radius 2 is 0.536 bits per heavy atom. The molecule has 0 bridgehead atoms. The molecule has 69 heavy (non-hydrogen) atoms. The Bertz CT molecular complexity index is 1380. The van der Waals surface area contributed by atoms with Crippen molar-refractivity contribution in [2.75, 3.05) is 13.2 Å². The Kier molecular flexibility index (Phi) is 53.9. The van der Waals surface area contributed by atoms with Crippen molar-refractivity contribution >= 4 is 17.9 Å². The van der Waals surface area contributed by atoms with Gasteiger partial charge in [-0.15, -0.1) is 0 Å². The van der Waals surface area contributed by atoms with Crippen molar-refractivity contribution in [3.8, 4) is 0 Å². The van der Waals surface area contributed by atoms with Gasteiger partial charge in [0.15, 0.2) is 6.10 Å². The minimum absolute atomic E-state index is 0.106.